The first kappa shape index (κ1) is 27.8. The number of para-hydroxylation sites is 1. The van der Waals surface area contributed by atoms with Crippen LogP contribution in [-0.2, 0) is 15.8 Å². The molecule has 3 aromatic carbocycles. The monoisotopic (exact) mass is 550 g/mol. The molecule has 0 fully saturated rings. The summed E-state index contributed by atoms with van der Waals surface area (Å²) in [6.07, 6.45) is -5.81. The maximum absolute atomic E-state index is 12.9. The molecule has 0 saturated heterocycles. The Morgan fingerprint density at radius 1 is 0.973 bits per heavy atom. The SMILES string of the molecule is CC(Oc1cc(Oc2ccc(C(F)(F)F)cc2Cl)ccc1Cl)C(=O)C(C#N)C(=O)N(C)c1ccccc1. The van der Waals surface area contributed by atoms with Gasteiger partial charge >= 0.3 is 6.18 Å². The van der Waals surface area contributed by atoms with Crippen LogP contribution in [0.4, 0.5) is 18.9 Å². The predicted octanol–water partition coefficient (Wildman–Crippen LogP) is 6.94. The zero-order chi connectivity index (χ0) is 27.3. The Kier molecular flexibility index (Phi) is 8.69. The van der Waals surface area contributed by atoms with E-state index >= 15 is 0 Å². The van der Waals surface area contributed by atoms with Crippen LogP contribution in [0.25, 0.3) is 0 Å². The highest BCUT2D eigenvalue weighted by molar-refractivity contribution is 6.32. The Labute approximate surface area is 220 Å². The largest absolute Gasteiger partial charge is 0.481 e. The van der Waals surface area contributed by atoms with E-state index in [2.05, 4.69) is 0 Å². The summed E-state index contributed by atoms with van der Waals surface area (Å²) >= 11 is 12.1. The molecule has 0 aliphatic carbocycles. The average molecular weight is 551 g/mol. The van der Waals surface area contributed by atoms with Crippen molar-refractivity contribution < 1.29 is 32.2 Å². The van der Waals surface area contributed by atoms with Gasteiger partial charge in [-0.3, -0.25) is 9.59 Å². The Balaban J connectivity index is 1.75. The van der Waals surface area contributed by atoms with Crippen LogP contribution in [0.5, 0.6) is 17.2 Å². The third-order valence-corrected chi connectivity index (χ3v) is 5.84. The molecule has 2 atom stereocenters. The zero-order valence-corrected chi connectivity index (χ0v) is 20.9. The molecular weight excluding hydrogens is 532 g/mol. The number of nitriles is 1. The fourth-order valence-electron chi connectivity index (χ4n) is 3.22. The van der Waals surface area contributed by atoms with Crippen molar-refractivity contribution in [2.75, 3.05) is 11.9 Å². The van der Waals surface area contributed by atoms with Crippen molar-refractivity contribution in [1.29, 1.82) is 5.26 Å². The molecule has 0 bridgehead atoms. The van der Waals surface area contributed by atoms with Gasteiger partial charge in [-0.05, 0) is 49.4 Å². The third kappa shape index (κ3) is 6.73. The number of Topliss-reactive ketones (excluding diaryl/α,β-unsaturated/α-hetero) is 1. The van der Waals surface area contributed by atoms with E-state index in [4.69, 9.17) is 32.7 Å². The molecule has 11 heteroatoms. The highest BCUT2D eigenvalue weighted by Gasteiger charge is 2.34. The summed E-state index contributed by atoms with van der Waals surface area (Å²) in [6, 6.07) is 17.0. The molecule has 37 heavy (non-hydrogen) atoms. The number of carbonyl (C=O) groups excluding carboxylic acids is 2. The first-order chi connectivity index (χ1) is 17.4. The molecule has 192 valence electrons. The number of ketones is 1. The first-order valence-electron chi connectivity index (χ1n) is 10.7. The van der Waals surface area contributed by atoms with Crippen molar-refractivity contribution in [2.24, 2.45) is 5.92 Å². The lowest BCUT2D eigenvalue weighted by molar-refractivity contribution is -0.137. The molecule has 3 rings (SSSR count). The number of rotatable bonds is 8. The molecule has 0 spiro atoms. The van der Waals surface area contributed by atoms with Gasteiger partial charge in [0.1, 0.15) is 17.2 Å². The number of hydrogen-bond donors (Lipinski definition) is 0. The van der Waals surface area contributed by atoms with Crippen molar-refractivity contribution in [3.63, 3.8) is 0 Å². The Morgan fingerprint density at radius 3 is 2.24 bits per heavy atom. The summed E-state index contributed by atoms with van der Waals surface area (Å²) in [5.41, 5.74) is -0.430. The summed E-state index contributed by atoms with van der Waals surface area (Å²) < 4.78 is 49.8. The third-order valence-electron chi connectivity index (χ3n) is 5.23. The minimum Gasteiger partial charge on any atom is -0.481 e. The summed E-state index contributed by atoms with van der Waals surface area (Å²) in [6.45, 7) is 1.36. The van der Waals surface area contributed by atoms with Gasteiger partial charge in [0.25, 0.3) is 5.91 Å². The number of anilines is 1. The fraction of sp³-hybridized carbons (Fsp3) is 0.192. The Hall–Kier alpha value is -3.74. The molecular formula is C26H19Cl2F3N2O4. The van der Waals surface area contributed by atoms with E-state index in [0.717, 1.165) is 18.2 Å². The highest BCUT2D eigenvalue weighted by atomic mass is 35.5. The van der Waals surface area contributed by atoms with Crippen molar-refractivity contribution in [3.8, 4) is 23.3 Å². The first-order valence-corrected chi connectivity index (χ1v) is 11.4. The molecule has 0 heterocycles. The molecule has 3 aromatic rings. The molecule has 1 amide bonds. The maximum Gasteiger partial charge on any atom is 0.416 e. The summed E-state index contributed by atoms with van der Waals surface area (Å²) in [5, 5.41) is 9.35. The summed E-state index contributed by atoms with van der Waals surface area (Å²) in [5.74, 6) is -3.10. The molecule has 2 unspecified atom stereocenters. The second-order valence-corrected chi connectivity index (χ2v) is 8.61. The van der Waals surface area contributed by atoms with Crippen molar-refractivity contribution in [2.45, 2.75) is 19.2 Å². The number of carbonyl (C=O) groups is 2. The average Bonchev–Trinajstić information content (AvgIpc) is 2.86. The minimum absolute atomic E-state index is 0.0106. The topological polar surface area (TPSA) is 79.6 Å². The van der Waals surface area contributed by atoms with Crippen LogP contribution in [0.15, 0.2) is 66.7 Å². The minimum atomic E-state index is -4.56. The van der Waals surface area contributed by atoms with Crippen molar-refractivity contribution in [3.05, 3.63) is 82.3 Å². The number of ether oxygens (including phenoxy) is 2. The van der Waals surface area contributed by atoms with Gasteiger partial charge in [0.15, 0.2) is 17.8 Å². The maximum atomic E-state index is 12.9. The van der Waals surface area contributed by atoms with Crippen LogP contribution in [0.2, 0.25) is 10.0 Å². The van der Waals surface area contributed by atoms with E-state index in [1.54, 1.807) is 36.4 Å². The number of benzene rings is 3. The van der Waals surface area contributed by atoms with Crippen LogP contribution < -0.4 is 14.4 Å². The molecule has 0 saturated carbocycles. The van der Waals surface area contributed by atoms with Gasteiger partial charge < -0.3 is 14.4 Å². The van der Waals surface area contributed by atoms with Gasteiger partial charge in [-0.15, -0.1) is 0 Å². The number of halogens is 5. The van der Waals surface area contributed by atoms with Crippen molar-refractivity contribution >= 4 is 40.6 Å². The lowest BCUT2D eigenvalue weighted by Crippen LogP contribution is -2.41. The van der Waals surface area contributed by atoms with Crippen LogP contribution in [0.1, 0.15) is 12.5 Å². The number of nitrogens with zero attached hydrogens (tertiary/aromatic N) is 2. The lowest BCUT2D eigenvalue weighted by atomic mass is 10.00. The van der Waals surface area contributed by atoms with E-state index in [1.165, 1.54) is 37.1 Å². The zero-order valence-electron chi connectivity index (χ0n) is 19.4. The van der Waals surface area contributed by atoms with Gasteiger partial charge in [-0.2, -0.15) is 18.4 Å². The van der Waals surface area contributed by atoms with Gasteiger partial charge in [0.2, 0.25) is 0 Å². The molecule has 6 nitrogen and oxygen atoms in total. The van der Waals surface area contributed by atoms with Gasteiger partial charge in [0.05, 0.1) is 21.7 Å². The second-order valence-electron chi connectivity index (χ2n) is 7.79. The highest BCUT2D eigenvalue weighted by Crippen LogP contribution is 2.38. The Bertz CT molecular complexity index is 1340. The Morgan fingerprint density at radius 2 is 1.65 bits per heavy atom. The molecule has 0 aromatic heterocycles. The van der Waals surface area contributed by atoms with Gasteiger partial charge in [0, 0.05) is 18.8 Å². The number of amides is 1. The van der Waals surface area contributed by atoms with E-state index in [-0.39, 0.29) is 27.3 Å². The van der Waals surface area contributed by atoms with Crippen LogP contribution >= 0.6 is 23.2 Å². The van der Waals surface area contributed by atoms with Crippen LogP contribution in [-0.4, -0.2) is 24.8 Å². The lowest BCUT2D eigenvalue weighted by Gasteiger charge is -2.22. The summed E-state index contributed by atoms with van der Waals surface area (Å²) in [7, 11) is 1.45. The number of hydrogen-bond acceptors (Lipinski definition) is 5. The van der Waals surface area contributed by atoms with E-state index in [0.29, 0.717) is 5.69 Å². The van der Waals surface area contributed by atoms with Crippen LogP contribution in [0, 0.1) is 17.2 Å². The van der Waals surface area contributed by atoms with E-state index in [1.807, 2.05) is 0 Å². The van der Waals surface area contributed by atoms with E-state index < -0.39 is 35.5 Å². The predicted molar refractivity (Wildman–Crippen MR) is 132 cm³/mol. The normalized spacial score (nSPS) is 12.7. The van der Waals surface area contributed by atoms with E-state index in [9.17, 15) is 28.0 Å². The molecule has 0 N–H and O–H groups in total. The van der Waals surface area contributed by atoms with Crippen molar-refractivity contribution in [1.82, 2.24) is 0 Å². The molecule has 0 aliphatic rings. The van der Waals surface area contributed by atoms with Gasteiger partial charge in [-0.25, -0.2) is 0 Å². The number of alkyl halides is 3. The summed E-state index contributed by atoms with van der Waals surface area (Å²) in [4.78, 5) is 26.9. The quantitative estimate of drug-likeness (QED) is 0.284. The smallest absolute Gasteiger partial charge is 0.416 e. The second kappa shape index (κ2) is 11.5. The van der Waals surface area contributed by atoms with Crippen LogP contribution in [0.3, 0.4) is 0 Å². The fourth-order valence-corrected chi connectivity index (χ4v) is 3.60. The molecule has 0 radical (unpaired) electrons. The standard InChI is InChI=1S/C26H19Cl2F3N2O4/c1-15(24(34)19(14-32)25(35)33(2)17-6-4-3-5-7-17)36-23-13-18(9-10-20(23)27)37-22-11-8-16(12-21(22)28)26(29,30)31/h3-13,15,19H,1-2H3. The van der Waals surface area contributed by atoms with Gasteiger partial charge in [-0.1, -0.05) is 41.4 Å². The molecule has 0 aliphatic heterocycles.